The van der Waals surface area contributed by atoms with Gasteiger partial charge in [0.25, 0.3) is 11.8 Å². The quantitative estimate of drug-likeness (QED) is 0.800. The summed E-state index contributed by atoms with van der Waals surface area (Å²) in [5.41, 5.74) is 2.71. The Bertz CT molecular complexity index is 919. The van der Waals surface area contributed by atoms with E-state index in [0.717, 1.165) is 35.3 Å². The molecule has 7 heteroatoms. The molecular formula is C21H24N2O4S. The number of carbonyl (C=O) groups is 3. The molecule has 1 aliphatic carbocycles. The molecule has 0 spiro atoms. The molecule has 0 unspecified atom stereocenters. The van der Waals surface area contributed by atoms with Crippen LogP contribution in [0.3, 0.4) is 0 Å². The summed E-state index contributed by atoms with van der Waals surface area (Å²) in [4.78, 5) is 38.4. The molecule has 1 aromatic heterocycles. The van der Waals surface area contributed by atoms with Crippen molar-refractivity contribution in [3.05, 3.63) is 51.4 Å². The summed E-state index contributed by atoms with van der Waals surface area (Å²) in [5, 5.41) is 5.64. The van der Waals surface area contributed by atoms with Gasteiger partial charge >= 0.3 is 6.09 Å². The Kier molecular flexibility index (Phi) is 6.14. The van der Waals surface area contributed by atoms with E-state index in [1.807, 2.05) is 19.1 Å². The maximum Gasteiger partial charge on any atom is 0.414 e. The van der Waals surface area contributed by atoms with E-state index >= 15 is 0 Å². The number of imide groups is 1. The molecule has 1 atom stereocenters. The van der Waals surface area contributed by atoms with E-state index in [0.29, 0.717) is 22.0 Å². The maximum atomic E-state index is 12.8. The number of rotatable bonds is 4. The number of hydrogen-bond donors (Lipinski definition) is 2. The molecule has 0 aliphatic heterocycles. The van der Waals surface area contributed by atoms with Gasteiger partial charge in [-0.25, -0.2) is 4.79 Å². The van der Waals surface area contributed by atoms with Crippen molar-refractivity contribution in [2.45, 2.75) is 40.0 Å². The van der Waals surface area contributed by atoms with Gasteiger partial charge in [0.15, 0.2) is 0 Å². The van der Waals surface area contributed by atoms with Crippen molar-refractivity contribution in [1.82, 2.24) is 5.32 Å². The number of benzene rings is 1. The lowest BCUT2D eigenvalue weighted by atomic mass is 9.88. The third-order valence-corrected chi connectivity index (χ3v) is 6.02. The lowest BCUT2D eigenvalue weighted by Crippen LogP contribution is -2.32. The molecule has 1 aromatic carbocycles. The number of amides is 3. The van der Waals surface area contributed by atoms with Crippen LogP contribution in [0.25, 0.3) is 0 Å². The normalized spacial score (nSPS) is 15.5. The van der Waals surface area contributed by atoms with Crippen molar-refractivity contribution in [2.75, 3.05) is 11.9 Å². The summed E-state index contributed by atoms with van der Waals surface area (Å²) in [6.07, 6.45) is 1.79. The summed E-state index contributed by atoms with van der Waals surface area (Å²) in [6, 6.07) is 7.29. The molecule has 2 aromatic rings. The van der Waals surface area contributed by atoms with Gasteiger partial charge in [-0.2, -0.15) is 0 Å². The second kappa shape index (κ2) is 8.56. The Morgan fingerprint density at radius 2 is 1.96 bits per heavy atom. The molecule has 0 saturated heterocycles. The first kappa shape index (κ1) is 20.1. The first-order chi connectivity index (χ1) is 13.4. The van der Waals surface area contributed by atoms with Gasteiger partial charge in [-0.05, 0) is 56.2 Å². The van der Waals surface area contributed by atoms with E-state index in [-0.39, 0.29) is 12.5 Å². The number of alkyl carbamates (subject to hydrolysis) is 1. The number of ether oxygens (including phenoxy) is 1. The Hall–Kier alpha value is -2.67. The van der Waals surface area contributed by atoms with Crippen molar-refractivity contribution >= 4 is 34.2 Å². The van der Waals surface area contributed by atoms with Crippen LogP contribution in [0.5, 0.6) is 0 Å². The first-order valence-electron chi connectivity index (χ1n) is 9.40. The molecular weight excluding hydrogens is 376 g/mol. The fourth-order valence-electron chi connectivity index (χ4n) is 3.40. The zero-order chi connectivity index (χ0) is 20.3. The predicted molar refractivity (Wildman–Crippen MR) is 109 cm³/mol. The van der Waals surface area contributed by atoms with E-state index < -0.39 is 12.0 Å². The highest BCUT2D eigenvalue weighted by Gasteiger charge is 2.29. The van der Waals surface area contributed by atoms with Crippen LogP contribution in [-0.2, 0) is 17.6 Å². The second-order valence-corrected chi connectivity index (χ2v) is 8.10. The first-order valence-corrected chi connectivity index (χ1v) is 10.2. The molecule has 148 valence electrons. The second-order valence-electron chi connectivity index (χ2n) is 7.00. The van der Waals surface area contributed by atoms with Crippen LogP contribution in [0, 0.1) is 12.8 Å². The van der Waals surface area contributed by atoms with E-state index in [2.05, 4.69) is 17.6 Å². The standard InChI is InChI=1S/C21H24N2O4S/c1-4-27-21(26)23-19(25)17-15-10-9-12(2)11-16(15)28-20(17)22-18(24)14-8-6-5-7-13(14)3/h5-8,12H,4,9-11H2,1-3H3,(H,22,24)(H,23,25,26)/t12-/m1/s1. The minimum Gasteiger partial charge on any atom is -0.450 e. The van der Waals surface area contributed by atoms with Crippen LogP contribution in [-0.4, -0.2) is 24.5 Å². The number of aryl methyl sites for hydroxylation is 1. The summed E-state index contributed by atoms with van der Waals surface area (Å²) >= 11 is 1.42. The number of thiophene rings is 1. The smallest absolute Gasteiger partial charge is 0.414 e. The van der Waals surface area contributed by atoms with Crippen LogP contribution >= 0.6 is 11.3 Å². The van der Waals surface area contributed by atoms with Crippen molar-refractivity contribution < 1.29 is 19.1 Å². The lowest BCUT2D eigenvalue weighted by molar-refractivity contribution is 0.0925. The largest absolute Gasteiger partial charge is 0.450 e. The van der Waals surface area contributed by atoms with Crippen molar-refractivity contribution in [1.29, 1.82) is 0 Å². The molecule has 28 heavy (non-hydrogen) atoms. The number of fused-ring (bicyclic) bond motifs is 1. The molecule has 0 bridgehead atoms. The van der Waals surface area contributed by atoms with Crippen LogP contribution in [0.15, 0.2) is 24.3 Å². The average Bonchev–Trinajstić information content (AvgIpc) is 2.98. The lowest BCUT2D eigenvalue weighted by Gasteiger charge is -2.18. The highest BCUT2D eigenvalue weighted by molar-refractivity contribution is 7.17. The van der Waals surface area contributed by atoms with Crippen LogP contribution < -0.4 is 10.6 Å². The molecule has 1 heterocycles. The van der Waals surface area contributed by atoms with E-state index in [1.54, 1.807) is 19.1 Å². The van der Waals surface area contributed by atoms with E-state index in [4.69, 9.17) is 4.74 Å². The highest BCUT2D eigenvalue weighted by atomic mass is 32.1. The van der Waals surface area contributed by atoms with Gasteiger partial charge < -0.3 is 10.1 Å². The maximum absolute atomic E-state index is 12.8. The van der Waals surface area contributed by atoms with Crippen molar-refractivity contribution in [3.8, 4) is 0 Å². The molecule has 2 N–H and O–H groups in total. The fourth-order valence-corrected chi connectivity index (χ4v) is 4.80. The van der Waals surface area contributed by atoms with Crippen molar-refractivity contribution in [3.63, 3.8) is 0 Å². The molecule has 3 amide bonds. The summed E-state index contributed by atoms with van der Waals surface area (Å²) in [5.74, 6) is -0.285. The zero-order valence-electron chi connectivity index (χ0n) is 16.3. The number of nitrogens with one attached hydrogen (secondary N) is 2. The molecule has 0 saturated carbocycles. The number of hydrogen-bond acceptors (Lipinski definition) is 5. The van der Waals surface area contributed by atoms with Gasteiger partial charge in [0.2, 0.25) is 0 Å². The Morgan fingerprint density at radius 1 is 1.21 bits per heavy atom. The van der Waals surface area contributed by atoms with Gasteiger partial charge in [-0.1, -0.05) is 25.1 Å². The fraction of sp³-hybridized carbons (Fsp3) is 0.381. The minimum absolute atomic E-state index is 0.176. The van der Waals surface area contributed by atoms with E-state index in [1.165, 1.54) is 11.3 Å². The van der Waals surface area contributed by atoms with Gasteiger partial charge in [0.05, 0.1) is 12.2 Å². The molecule has 0 fully saturated rings. The minimum atomic E-state index is -0.784. The predicted octanol–water partition coefficient (Wildman–Crippen LogP) is 4.32. The van der Waals surface area contributed by atoms with Gasteiger partial charge in [-0.15, -0.1) is 11.3 Å². The van der Waals surface area contributed by atoms with E-state index in [9.17, 15) is 14.4 Å². The van der Waals surface area contributed by atoms with Crippen molar-refractivity contribution in [2.24, 2.45) is 5.92 Å². The topological polar surface area (TPSA) is 84.5 Å². The SMILES string of the molecule is CCOC(=O)NC(=O)c1c(NC(=O)c2ccccc2C)sc2c1CC[C@@H](C)C2. The van der Waals surface area contributed by atoms with Gasteiger partial charge in [0, 0.05) is 10.4 Å². The third-order valence-electron chi connectivity index (χ3n) is 4.85. The van der Waals surface area contributed by atoms with Gasteiger partial charge in [-0.3, -0.25) is 14.9 Å². The number of anilines is 1. The molecule has 6 nitrogen and oxygen atoms in total. The molecule has 3 rings (SSSR count). The summed E-state index contributed by atoms with van der Waals surface area (Å²) in [6.45, 7) is 5.89. The number of carbonyl (C=O) groups excluding carboxylic acids is 3. The summed E-state index contributed by atoms with van der Waals surface area (Å²) < 4.78 is 4.82. The average molecular weight is 401 g/mol. The molecule has 0 radical (unpaired) electrons. The Labute approximate surface area is 168 Å². The monoisotopic (exact) mass is 400 g/mol. The Morgan fingerprint density at radius 3 is 2.68 bits per heavy atom. The third kappa shape index (κ3) is 4.25. The highest BCUT2D eigenvalue weighted by Crippen LogP contribution is 2.40. The summed E-state index contributed by atoms with van der Waals surface area (Å²) in [7, 11) is 0. The zero-order valence-corrected chi connectivity index (χ0v) is 17.1. The van der Waals surface area contributed by atoms with Gasteiger partial charge in [0.1, 0.15) is 5.00 Å². The van der Waals surface area contributed by atoms with Crippen LogP contribution in [0.1, 0.15) is 57.0 Å². The Balaban J connectivity index is 1.93. The van der Waals surface area contributed by atoms with Crippen LogP contribution in [0.2, 0.25) is 0 Å². The van der Waals surface area contributed by atoms with Crippen LogP contribution in [0.4, 0.5) is 9.80 Å². The molecule has 1 aliphatic rings.